The van der Waals surface area contributed by atoms with Crippen LogP contribution in [0.2, 0.25) is 0 Å². The summed E-state index contributed by atoms with van der Waals surface area (Å²) in [6.45, 7) is 0. The second-order valence-corrected chi connectivity index (χ2v) is 10.1. The number of nitrogens with zero attached hydrogens (tertiary/aromatic N) is 3. The van der Waals surface area contributed by atoms with Gasteiger partial charge < -0.3 is 9.40 Å². The van der Waals surface area contributed by atoms with E-state index >= 15 is 0 Å². The molecule has 178 valence electrons. The van der Waals surface area contributed by atoms with Gasteiger partial charge in [0.25, 0.3) is 0 Å². The lowest BCUT2D eigenvalue weighted by Crippen LogP contribution is -2.38. The largest absolute Gasteiger partial charge is 0.454 e. The highest BCUT2D eigenvalue weighted by molar-refractivity contribution is 7.99. The Labute approximate surface area is 209 Å². The average Bonchev–Trinajstić information content (AvgIpc) is 3.62. The van der Waals surface area contributed by atoms with Crippen molar-refractivity contribution in [3.63, 3.8) is 0 Å². The highest BCUT2D eigenvalue weighted by Gasteiger charge is 2.45. The third kappa shape index (κ3) is 3.50. The molecule has 3 unspecified atom stereocenters. The molecule has 1 fully saturated rings. The molecule has 0 spiro atoms. The second kappa shape index (κ2) is 8.30. The van der Waals surface area contributed by atoms with Gasteiger partial charge in [-0.2, -0.15) is 5.10 Å². The summed E-state index contributed by atoms with van der Waals surface area (Å²) in [5, 5.41) is 8.54. The Hall–Kier alpha value is -3.98. The minimum atomic E-state index is -0.465. The summed E-state index contributed by atoms with van der Waals surface area (Å²) in [5.41, 5.74) is 3.97. The van der Waals surface area contributed by atoms with Crippen LogP contribution in [0.4, 0.5) is 10.2 Å². The molecule has 3 aromatic heterocycles. The number of ketones is 1. The first kappa shape index (κ1) is 21.3. The molecule has 7 nitrogen and oxygen atoms in total. The van der Waals surface area contributed by atoms with Crippen LogP contribution in [-0.2, 0) is 4.79 Å². The van der Waals surface area contributed by atoms with Crippen LogP contribution in [0.15, 0.2) is 86.5 Å². The van der Waals surface area contributed by atoms with Crippen molar-refractivity contribution in [1.29, 1.82) is 0 Å². The predicted octanol–water partition coefficient (Wildman–Crippen LogP) is 6.15. The van der Waals surface area contributed by atoms with E-state index in [4.69, 9.17) is 9.41 Å². The third-order valence-electron chi connectivity index (χ3n) is 7.00. The van der Waals surface area contributed by atoms with E-state index in [1.54, 1.807) is 24.4 Å². The van der Waals surface area contributed by atoms with Gasteiger partial charge in [-0.25, -0.2) is 14.4 Å². The van der Waals surface area contributed by atoms with Crippen LogP contribution in [0.25, 0.3) is 11.0 Å². The van der Waals surface area contributed by atoms with Gasteiger partial charge in [-0.1, -0.05) is 30.3 Å². The van der Waals surface area contributed by atoms with E-state index in [9.17, 15) is 9.18 Å². The van der Waals surface area contributed by atoms with Gasteiger partial charge in [0, 0.05) is 17.7 Å². The van der Waals surface area contributed by atoms with Crippen molar-refractivity contribution in [2.45, 2.75) is 34.9 Å². The Morgan fingerprint density at radius 1 is 0.972 bits per heavy atom. The van der Waals surface area contributed by atoms with E-state index < -0.39 is 5.92 Å². The lowest BCUT2D eigenvalue weighted by Gasteiger charge is -2.35. The van der Waals surface area contributed by atoms with E-state index in [1.165, 1.54) is 17.8 Å². The Bertz CT molecular complexity index is 1620. The van der Waals surface area contributed by atoms with Crippen LogP contribution in [0.3, 0.4) is 0 Å². The minimum absolute atomic E-state index is 0.0352. The van der Waals surface area contributed by atoms with E-state index in [1.807, 2.05) is 36.4 Å². The van der Waals surface area contributed by atoms with Gasteiger partial charge in [0.2, 0.25) is 0 Å². The van der Waals surface area contributed by atoms with Gasteiger partial charge in [-0.15, -0.1) is 0 Å². The molecule has 0 amide bonds. The van der Waals surface area contributed by atoms with Crippen molar-refractivity contribution in [1.82, 2.24) is 20.2 Å². The molecular weight excluding hydrogens is 477 g/mol. The molecule has 0 saturated heterocycles. The molecule has 2 aromatic carbocycles. The number of imidazole rings is 1. The number of nitrogens with one attached hydrogen (secondary N) is 2. The molecule has 2 aliphatic rings. The zero-order valence-corrected chi connectivity index (χ0v) is 19.8. The Morgan fingerprint density at radius 2 is 1.83 bits per heavy atom. The maximum absolute atomic E-state index is 14.5. The maximum Gasteiger partial charge on any atom is 0.174 e. The lowest BCUT2D eigenvalue weighted by atomic mass is 9.68. The topological polar surface area (TPSA) is 99.9 Å². The number of hydrogen-bond acceptors (Lipinski definition) is 6. The number of halogens is 1. The second-order valence-electron chi connectivity index (χ2n) is 9.14. The van der Waals surface area contributed by atoms with E-state index in [2.05, 4.69) is 20.2 Å². The molecule has 1 aliphatic carbocycles. The fraction of sp³-hybridized carbons (Fsp3) is 0.185. The van der Waals surface area contributed by atoms with Crippen LogP contribution in [0, 0.1) is 11.7 Å². The standard InChI is InChI=1S/C27H20FN5O2S/c28-17-6-2-1-5-15(17)14-11-20-25(21(34)12-14)24(16-13-29-33-26(16)30-20)22-9-10-23(35-22)36-27-31-18-7-3-4-8-19(18)32-27/h1-10,13-14,24-25H,11-12H2,(H,29,33)(H,31,32). The Balaban J connectivity index is 1.21. The number of fused-ring (bicyclic) bond motifs is 3. The number of furan rings is 1. The fourth-order valence-corrected chi connectivity index (χ4v) is 6.17. The molecule has 36 heavy (non-hydrogen) atoms. The Morgan fingerprint density at radius 3 is 2.72 bits per heavy atom. The number of para-hydroxylation sites is 2. The molecule has 1 aliphatic heterocycles. The van der Waals surface area contributed by atoms with E-state index in [-0.39, 0.29) is 29.9 Å². The molecule has 2 N–H and O–H groups in total. The molecule has 3 atom stereocenters. The number of carbonyl (C=O) groups is 1. The molecule has 1 saturated carbocycles. The molecule has 0 bridgehead atoms. The first-order valence-electron chi connectivity index (χ1n) is 11.7. The van der Waals surface area contributed by atoms with Crippen LogP contribution in [0.1, 0.15) is 41.6 Å². The van der Waals surface area contributed by atoms with Gasteiger partial charge in [0.15, 0.2) is 16.1 Å². The summed E-state index contributed by atoms with van der Waals surface area (Å²) in [6.07, 6.45) is 2.48. The first-order valence-corrected chi connectivity index (χ1v) is 12.6. The van der Waals surface area contributed by atoms with Crippen molar-refractivity contribution >= 4 is 40.1 Å². The summed E-state index contributed by atoms with van der Waals surface area (Å²) < 4.78 is 20.8. The average molecular weight is 498 g/mol. The summed E-state index contributed by atoms with van der Waals surface area (Å²) in [4.78, 5) is 26.2. The number of rotatable bonds is 4. The molecule has 4 heterocycles. The number of hydrogen-bond donors (Lipinski definition) is 2. The molecule has 7 rings (SSSR count). The van der Waals surface area contributed by atoms with Crippen LogP contribution in [0.5, 0.6) is 0 Å². The maximum atomic E-state index is 14.5. The van der Waals surface area contributed by atoms with Gasteiger partial charge in [0.05, 0.1) is 29.1 Å². The summed E-state index contributed by atoms with van der Waals surface area (Å²) in [7, 11) is 0. The van der Waals surface area contributed by atoms with Crippen molar-refractivity contribution in [3.05, 3.63) is 89.6 Å². The summed E-state index contributed by atoms with van der Waals surface area (Å²) in [5.74, 6) is -0.00835. The van der Waals surface area contributed by atoms with Crippen LogP contribution >= 0.6 is 11.8 Å². The monoisotopic (exact) mass is 497 g/mol. The molecular formula is C27H20FN5O2S. The van der Waals surface area contributed by atoms with Gasteiger partial charge in [-0.05, 0) is 60.0 Å². The normalized spacial score (nSPS) is 21.3. The van der Waals surface area contributed by atoms with Gasteiger partial charge >= 0.3 is 0 Å². The number of aromatic nitrogens is 4. The van der Waals surface area contributed by atoms with Crippen LogP contribution < -0.4 is 0 Å². The van der Waals surface area contributed by atoms with Gasteiger partial charge in [-0.3, -0.25) is 9.89 Å². The van der Waals surface area contributed by atoms with Crippen LogP contribution in [-0.4, -0.2) is 31.7 Å². The smallest absolute Gasteiger partial charge is 0.174 e. The van der Waals surface area contributed by atoms with Crippen molar-refractivity contribution < 1.29 is 13.6 Å². The number of H-pyrrole nitrogens is 2. The quantitative estimate of drug-likeness (QED) is 0.310. The third-order valence-corrected chi connectivity index (χ3v) is 7.81. The molecule has 5 aromatic rings. The van der Waals surface area contributed by atoms with Gasteiger partial charge in [0.1, 0.15) is 17.4 Å². The predicted molar refractivity (Wildman–Crippen MR) is 133 cm³/mol. The highest BCUT2D eigenvalue weighted by atomic mass is 32.2. The molecule has 9 heteroatoms. The zero-order chi connectivity index (χ0) is 24.2. The summed E-state index contributed by atoms with van der Waals surface area (Å²) in [6, 6.07) is 18.3. The van der Waals surface area contributed by atoms with Crippen molar-refractivity contribution in [3.8, 4) is 0 Å². The zero-order valence-electron chi connectivity index (χ0n) is 18.9. The fourth-order valence-electron chi connectivity index (χ4n) is 5.40. The van der Waals surface area contributed by atoms with E-state index in [0.29, 0.717) is 28.7 Å². The number of Topliss-reactive ketones (excluding diaryl/α,β-unsaturated/α-hetero) is 1. The number of aliphatic imine (C=N–C) groups is 1. The van der Waals surface area contributed by atoms with Crippen molar-refractivity contribution in [2.24, 2.45) is 10.9 Å². The number of carbonyl (C=O) groups excluding carboxylic acids is 1. The van der Waals surface area contributed by atoms with E-state index in [0.717, 1.165) is 27.5 Å². The number of aromatic amines is 2. The summed E-state index contributed by atoms with van der Waals surface area (Å²) >= 11 is 1.40. The number of benzene rings is 2. The first-order chi connectivity index (χ1) is 17.6. The molecule has 0 radical (unpaired) electrons. The highest BCUT2D eigenvalue weighted by Crippen LogP contribution is 2.48. The Kier molecular flexibility index (Phi) is 4.92. The lowest BCUT2D eigenvalue weighted by molar-refractivity contribution is -0.122. The SMILES string of the molecule is O=C1CC(c2ccccc2F)CC2=Nc3[nH]ncc3C(c3ccc(Sc4nc5ccccc5[nH]4)o3)C12. The van der Waals surface area contributed by atoms with Crippen molar-refractivity contribution in [2.75, 3.05) is 0 Å². The minimum Gasteiger partial charge on any atom is -0.454 e.